The molecule has 0 spiro atoms. The SMILES string of the molecule is Cc1cc(NC(=O)CC2CCCCO2)ccc1N1CCCCS1(=O)=O. The molecule has 0 aromatic heterocycles. The van der Waals surface area contributed by atoms with E-state index in [4.69, 9.17) is 4.74 Å². The summed E-state index contributed by atoms with van der Waals surface area (Å²) in [5.41, 5.74) is 2.24. The molecule has 2 saturated heterocycles. The predicted octanol–water partition coefficient (Wildman–Crippen LogP) is 2.82. The first-order chi connectivity index (χ1) is 12.0. The van der Waals surface area contributed by atoms with Crippen molar-refractivity contribution in [1.29, 1.82) is 0 Å². The van der Waals surface area contributed by atoms with Crippen molar-refractivity contribution < 1.29 is 17.9 Å². The highest BCUT2D eigenvalue weighted by Crippen LogP contribution is 2.29. The molecule has 0 aliphatic carbocycles. The Hall–Kier alpha value is -1.60. The normalized spacial score (nSPS) is 23.2. The quantitative estimate of drug-likeness (QED) is 0.889. The fourth-order valence-electron chi connectivity index (χ4n) is 3.46. The van der Waals surface area contributed by atoms with Gasteiger partial charge in [0.15, 0.2) is 0 Å². The summed E-state index contributed by atoms with van der Waals surface area (Å²) in [4.78, 5) is 12.2. The molecule has 25 heavy (non-hydrogen) atoms. The minimum absolute atomic E-state index is 0.00705. The number of benzene rings is 1. The highest BCUT2D eigenvalue weighted by Gasteiger charge is 2.27. The Morgan fingerprint density at radius 2 is 2.12 bits per heavy atom. The van der Waals surface area contributed by atoms with Gasteiger partial charge in [0, 0.05) is 18.8 Å². The van der Waals surface area contributed by atoms with Gasteiger partial charge in [0.1, 0.15) is 0 Å². The average Bonchev–Trinajstić information content (AvgIpc) is 2.56. The Balaban J connectivity index is 1.66. The topological polar surface area (TPSA) is 75.7 Å². The summed E-state index contributed by atoms with van der Waals surface area (Å²) in [5.74, 6) is 0.136. The monoisotopic (exact) mass is 366 g/mol. The maximum Gasteiger partial charge on any atom is 0.235 e. The number of nitrogens with zero attached hydrogens (tertiary/aromatic N) is 1. The fraction of sp³-hybridized carbons (Fsp3) is 0.611. The first-order valence-corrected chi connectivity index (χ1v) is 10.6. The molecule has 2 heterocycles. The van der Waals surface area contributed by atoms with E-state index in [2.05, 4.69) is 5.32 Å². The van der Waals surface area contributed by atoms with Crippen LogP contribution in [-0.2, 0) is 19.6 Å². The molecule has 7 heteroatoms. The molecule has 1 aromatic carbocycles. The van der Waals surface area contributed by atoms with Crippen LogP contribution in [0.15, 0.2) is 18.2 Å². The van der Waals surface area contributed by atoms with Gasteiger partial charge in [-0.15, -0.1) is 0 Å². The van der Waals surface area contributed by atoms with Crippen molar-refractivity contribution >= 4 is 27.3 Å². The molecule has 0 radical (unpaired) electrons. The van der Waals surface area contributed by atoms with Gasteiger partial charge in [0.05, 0.1) is 24.0 Å². The van der Waals surface area contributed by atoms with Gasteiger partial charge < -0.3 is 10.1 Å². The molecule has 2 aliphatic heterocycles. The van der Waals surface area contributed by atoms with E-state index in [9.17, 15) is 13.2 Å². The summed E-state index contributed by atoms with van der Waals surface area (Å²) < 4.78 is 31.6. The zero-order valence-corrected chi connectivity index (χ0v) is 15.5. The molecule has 0 bridgehead atoms. The van der Waals surface area contributed by atoms with E-state index >= 15 is 0 Å². The van der Waals surface area contributed by atoms with Crippen molar-refractivity contribution in [1.82, 2.24) is 0 Å². The lowest BCUT2D eigenvalue weighted by molar-refractivity contribution is -0.119. The molecule has 1 amide bonds. The van der Waals surface area contributed by atoms with Crippen LogP contribution in [0.5, 0.6) is 0 Å². The molecule has 2 fully saturated rings. The second-order valence-corrected chi connectivity index (χ2v) is 8.85. The zero-order chi connectivity index (χ0) is 17.9. The predicted molar refractivity (Wildman–Crippen MR) is 98.4 cm³/mol. The third-order valence-electron chi connectivity index (χ3n) is 4.79. The number of nitrogens with one attached hydrogen (secondary N) is 1. The lowest BCUT2D eigenvalue weighted by atomic mass is 10.1. The Labute approximate surface area is 149 Å². The van der Waals surface area contributed by atoms with Crippen LogP contribution < -0.4 is 9.62 Å². The minimum atomic E-state index is -3.22. The van der Waals surface area contributed by atoms with Gasteiger partial charge >= 0.3 is 0 Å². The molecule has 0 saturated carbocycles. The zero-order valence-electron chi connectivity index (χ0n) is 14.7. The van der Waals surface area contributed by atoms with Gasteiger partial charge in [-0.2, -0.15) is 0 Å². The van der Waals surface area contributed by atoms with Crippen LogP contribution in [0.2, 0.25) is 0 Å². The molecule has 6 nitrogen and oxygen atoms in total. The van der Waals surface area contributed by atoms with Gasteiger partial charge in [-0.05, 0) is 62.8 Å². The van der Waals surface area contributed by atoms with E-state index in [-0.39, 0.29) is 17.8 Å². The first-order valence-electron chi connectivity index (χ1n) is 8.98. The summed E-state index contributed by atoms with van der Waals surface area (Å²) in [6.45, 7) is 3.13. The maximum absolute atomic E-state index is 12.3. The van der Waals surface area contributed by atoms with Gasteiger partial charge in [0.2, 0.25) is 15.9 Å². The van der Waals surface area contributed by atoms with E-state index in [0.29, 0.717) is 24.3 Å². The van der Waals surface area contributed by atoms with E-state index < -0.39 is 10.0 Å². The number of amides is 1. The average molecular weight is 366 g/mol. The Morgan fingerprint density at radius 3 is 2.80 bits per heavy atom. The van der Waals surface area contributed by atoms with Crippen molar-refractivity contribution in [3.05, 3.63) is 23.8 Å². The summed E-state index contributed by atoms with van der Waals surface area (Å²) in [7, 11) is -3.22. The van der Waals surface area contributed by atoms with Crippen LogP contribution in [0.25, 0.3) is 0 Å². The van der Waals surface area contributed by atoms with E-state index in [0.717, 1.165) is 44.3 Å². The molecular formula is C18H26N2O4S. The number of anilines is 2. The van der Waals surface area contributed by atoms with Crippen LogP contribution in [0.3, 0.4) is 0 Å². The number of hydrogen-bond acceptors (Lipinski definition) is 4. The van der Waals surface area contributed by atoms with Crippen LogP contribution in [0.1, 0.15) is 44.1 Å². The third kappa shape index (κ3) is 4.52. The van der Waals surface area contributed by atoms with Crippen LogP contribution >= 0.6 is 0 Å². The van der Waals surface area contributed by atoms with Gasteiger partial charge in [-0.3, -0.25) is 9.10 Å². The lowest BCUT2D eigenvalue weighted by Crippen LogP contribution is -2.38. The number of carbonyl (C=O) groups is 1. The Kier molecular flexibility index (Phi) is 5.64. The van der Waals surface area contributed by atoms with E-state index in [1.807, 2.05) is 13.0 Å². The molecule has 138 valence electrons. The van der Waals surface area contributed by atoms with Crippen LogP contribution in [0.4, 0.5) is 11.4 Å². The Morgan fingerprint density at radius 1 is 1.28 bits per heavy atom. The maximum atomic E-state index is 12.3. The summed E-state index contributed by atoms with van der Waals surface area (Å²) in [6, 6.07) is 5.39. The number of aryl methyl sites for hydroxylation is 1. The number of hydrogen-bond donors (Lipinski definition) is 1. The van der Waals surface area contributed by atoms with Crippen molar-refractivity contribution in [3.63, 3.8) is 0 Å². The largest absolute Gasteiger partial charge is 0.378 e. The molecule has 1 N–H and O–H groups in total. The fourth-order valence-corrected chi connectivity index (χ4v) is 5.16. The molecule has 1 aromatic rings. The van der Waals surface area contributed by atoms with Crippen molar-refractivity contribution in [3.8, 4) is 0 Å². The molecule has 3 rings (SSSR count). The van der Waals surface area contributed by atoms with E-state index in [1.54, 1.807) is 12.1 Å². The van der Waals surface area contributed by atoms with Gasteiger partial charge in [-0.1, -0.05) is 0 Å². The second kappa shape index (κ2) is 7.74. The minimum Gasteiger partial charge on any atom is -0.378 e. The Bertz CT molecular complexity index is 727. The first kappa shape index (κ1) is 18.2. The number of rotatable bonds is 4. The van der Waals surface area contributed by atoms with Crippen molar-refractivity contribution in [2.75, 3.05) is 28.5 Å². The number of ether oxygens (including phenoxy) is 1. The summed E-state index contributed by atoms with van der Waals surface area (Å²) in [5, 5.41) is 2.89. The highest BCUT2D eigenvalue weighted by atomic mass is 32.2. The van der Waals surface area contributed by atoms with Crippen LogP contribution in [0, 0.1) is 6.92 Å². The van der Waals surface area contributed by atoms with E-state index in [1.165, 1.54) is 4.31 Å². The van der Waals surface area contributed by atoms with Gasteiger partial charge in [-0.25, -0.2) is 8.42 Å². The second-order valence-electron chi connectivity index (χ2n) is 6.84. The third-order valence-corrected chi connectivity index (χ3v) is 6.64. The van der Waals surface area contributed by atoms with Crippen LogP contribution in [-0.4, -0.2) is 39.3 Å². The van der Waals surface area contributed by atoms with Gasteiger partial charge in [0.25, 0.3) is 0 Å². The molecular weight excluding hydrogens is 340 g/mol. The summed E-state index contributed by atoms with van der Waals surface area (Å²) in [6.07, 6.45) is 5.06. The molecule has 1 unspecified atom stereocenters. The highest BCUT2D eigenvalue weighted by molar-refractivity contribution is 7.92. The molecule has 2 aliphatic rings. The summed E-state index contributed by atoms with van der Waals surface area (Å²) >= 11 is 0. The van der Waals surface area contributed by atoms with Crippen molar-refractivity contribution in [2.45, 2.75) is 51.6 Å². The smallest absolute Gasteiger partial charge is 0.235 e. The standard InChI is InChI=1S/C18H26N2O4S/c1-14-12-15(19-18(21)13-16-6-2-4-10-24-16)7-8-17(14)20-9-3-5-11-25(20,22)23/h7-8,12,16H,2-6,9-11,13H2,1H3,(H,19,21). The number of sulfonamides is 1. The van der Waals surface area contributed by atoms with Crippen molar-refractivity contribution in [2.24, 2.45) is 0 Å². The number of carbonyl (C=O) groups excluding carboxylic acids is 1. The molecule has 1 atom stereocenters. The lowest BCUT2D eigenvalue weighted by Gasteiger charge is -2.29.